The monoisotopic (exact) mass is 600 g/mol. The molecule has 0 radical (unpaired) electrons. The number of fused-ring (bicyclic) bond motifs is 4. The van der Waals surface area contributed by atoms with Gasteiger partial charge in [0.05, 0.1) is 16.7 Å². The fourth-order valence-corrected chi connectivity index (χ4v) is 6.64. The lowest BCUT2D eigenvalue weighted by molar-refractivity contribution is 1.08. The highest BCUT2D eigenvalue weighted by molar-refractivity contribution is 6.12. The predicted molar refractivity (Wildman–Crippen MR) is 193 cm³/mol. The van der Waals surface area contributed by atoms with Crippen LogP contribution in [0.5, 0.6) is 0 Å². The maximum absolute atomic E-state index is 5.06. The van der Waals surface area contributed by atoms with Gasteiger partial charge < -0.3 is 4.57 Å². The summed E-state index contributed by atoms with van der Waals surface area (Å²) in [5, 5.41) is 4.67. The zero-order valence-electron chi connectivity index (χ0n) is 25.5. The molecular weight excluding hydrogens is 573 g/mol. The molecule has 47 heavy (non-hydrogen) atoms. The smallest absolute Gasteiger partial charge is 0.164 e. The Morgan fingerprint density at radius 2 is 0.830 bits per heavy atom. The molecule has 0 aliphatic rings. The van der Waals surface area contributed by atoms with E-state index >= 15 is 0 Å². The zero-order chi connectivity index (χ0) is 31.2. The zero-order valence-corrected chi connectivity index (χ0v) is 25.5. The van der Waals surface area contributed by atoms with Crippen molar-refractivity contribution in [3.63, 3.8) is 0 Å². The molecule has 2 heterocycles. The highest BCUT2D eigenvalue weighted by atomic mass is 15.0. The second-order valence-electron chi connectivity index (χ2n) is 11.7. The number of hydrogen-bond acceptors (Lipinski definition) is 3. The lowest BCUT2D eigenvalue weighted by Gasteiger charge is -2.15. The molecule has 0 unspecified atom stereocenters. The van der Waals surface area contributed by atoms with E-state index < -0.39 is 0 Å². The van der Waals surface area contributed by atoms with Gasteiger partial charge in [0.2, 0.25) is 0 Å². The Kier molecular flexibility index (Phi) is 6.43. The first-order chi connectivity index (χ1) is 23.3. The molecule has 0 N–H and O–H groups in total. The molecule has 0 saturated heterocycles. The largest absolute Gasteiger partial charge is 0.309 e. The van der Waals surface area contributed by atoms with Crippen LogP contribution >= 0.6 is 0 Å². The minimum atomic E-state index is 0.647. The molecule has 0 amide bonds. The van der Waals surface area contributed by atoms with Crippen LogP contribution in [0.25, 0.3) is 83.6 Å². The van der Waals surface area contributed by atoms with Crippen LogP contribution in [-0.4, -0.2) is 19.5 Å². The summed E-state index contributed by atoms with van der Waals surface area (Å²) < 4.78 is 2.40. The summed E-state index contributed by atoms with van der Waals surface area (Å²) in [5.41, 5.74) is 8.71. The summed E-state index contributed by atoms with van der Waals surface area (Å²) >= 11 is 0. The van der Waals surface area contributed by atoms with Gasteiger partial charge in [-0.25, -0.2) is 15.0 Å². The van der Waals surface area contributed by atoms with Gasteiger partial charge in [0.1, 0.15) is 0 Å². The molecule has 0 saturated carbocycles. The van der Waals surface area contributed by atoms with E-state index in [1.165, 1.54) is 32.9 Å². The van der Waals surface area contributed by atoms with E-state index in [4.69, 9.17) is 15.0 Å². The van der Waals surface area contributed by atoms with Gasteiger partial charge in [-0.15, -0.1) is 0 Å². The van der Waals surface area contributed by atoms with Gasteiger partial charge in [-0.3, -0.25) is 0 Å². The van der Waals surface area contributed by atoms with Crippen molar-refractivity contribution in [2.24, 2.45) is 0 Å². The van der Waals surface area contributed by atoms with E-state index in [-0.39, 0.29) is 0 Å². The van der Waals surface area contributed by atoms with Crippen molar-refractivity contribution >= 4 is 32.6 Å². The second-order valence-corrected chi connectivity index (χ2v) is 11.7. The fraction of sp³-hybridized carbons (Fsp3) is 0. The van der Waals surface area contributed by atoms with E-state index in [0.29, 0.717) is 17.5 Å². The molecule has 7 aromatic carbocycles. The molecule has 0 spiro atoms. The summed E-state index contributed by atoms with van der Waals surface area (Å²) in [7, 11) is 0. The molecule has 0 atom stereocenters. The maximum Gasteiger partial charge on any atom is 0.164 e. The van der Waals surface area contributed by atoms with E-state index in [0.717, 1.165) is 33.2 Å². The number of rotatable bonds is 5. The lowest BCUT2D eigenvalue weighted by atomic mass is 10.0. The van der Waals surface area contributed by atoms with E-state index in [2.05, 4.69) is 114 Å². The van der Waals surface area contributed by atoms with Gasteiger partial charge in [-0.2, -0.15) is 0 Å². The number of aromatic nitrogens is 4. The number of hydrogen-bond donors (Lipinski definition) is 0. The molecule has 0 bridgehead atoms. The number of benzene rings is 7. The molecule has 9 rings (SSSR count). The van der Waals surface area contributed by atoms with Crippen LogP contribution in [0.2, 0.25) is 0 Å². The van der Waals surface area contributed by atoms with Gasteiger partial charge in [0.15, 0.2) is 17.5 Å². The normalized spacial score (nSPS) is 11.4. The first-order valence-electron chi connectivity index (χ1n) is 15.8. The molecule has 0 aliphatic heterocycles. The molecule has 0 aliphatic carbocycles. The van der Waals surface area contributed by atoms with Crippen LogP contribution in [0.15, 0.2) is 170 Å². The Morgan fingerprint density at radius 3 is 1.49 bits per heavy atom. The third-order valence-electron chi connectivity index (χ3n) is 8.86. The first kappa shape index (κ1) is 27.0. The predicted octanol–water partition coefficient (Wildman–Crippen LogP) is 10.8. The van der Waals surface area contributed by atoms with Crippen molar-refractivity contribution in [3.8, 4) is 51.0 Å². The summed E-state index contributed by atoms with van der Waals surface area (Å²) in [6.45, 7) is 0. The van der Waals surface area contributed by atoms with Gasteiger partial charge >= 0.3 is 0 Å². The summed E-state index contributed by atoms with van der Waals surface area (Å²) in [6.07, 6.45) is 0. The third kappa shape index (κ3) is 4.66. The molecule has 4 nitrogen and oxygen atoms in total. The number of para-hydroxylation sites is 1. The molecule has 2 aromatic heterocycles. The van der Waals surface area contributed by atoms with Gasteiger partial charge in [0, 0.05) is 32.8 Å². The minimum Gasteiger partial charge on any atom is -0.309 e. The topological polar surface area (TPSA) is 43.6 Å². The minimum absolute atomic E-state index is 0.647. The second kappa shape index (κ2) is 11.2. The van der Waals surface area contributed by atoms with Gasteiger partial charge in [0.25, 0.3) is 0 Å². The standard InChI is InChI=1S/C43H28N4/c1-4-14-29(15-5-1)32-24-25-36-35-22-12-13-23-38(35)47(40(36)28-32)39-27-26-37(33-20-10-11-21-34(33)39)43-45-41(30-16-6-2-7-17-30)44-42(46-43)31-18-8-3-9-19-31/h1-28H. The van der Waals surface area contributed by atoms with Crippen molar-refractivity contribution in [2.75, 3.05) is 0 Å². The highest BCUT2D eigenvalue weighted by Crippen LogP contribution is 2.39. The fourth-order valence-electron chi connectivity index (χ4n) is 6.64. The maximum atomic E-state index is 5.06. The van der Waals surface area contributed by atoms with Crippen molar-refractivity contribution < 1.29 is 0 Å². The summed E-state index contributed by atoms with van der Waals surface area (Å²) in [6, 6.07) is 59.2. The van der Waals surface area contributed by atoms with Crippen molar-refractivity contribution in [1.82, 2.24) is 19.5 Å². The van der Waals surface area contributed by atoms with Crippen LogP contribution in [0.3, 0.4) is 0 Å². The quantitative estimate of drug-likeness (QED) is 0.197. The third-order valence-corrected chi connectivity index (χ3v) is 8.86. The van der Waals surface area contributed by atoms with Crippen molar-refractivity contribution in [2.45, 2.75) is 0 Å². The lowest BCUT2D eigenvalue weighted by Crippen LogP contribution is -2.01. The van der Waals surface area contributed by atoms with Crippen LogP contribution < -0.4 is 0 Å². The number of nitrogens with zero attached hydrogens (tertiary/aromatic N) is 4. The van der Waals surface area contributed by atoms with Crippen LogP contribution in [0.4, 0.5) is 0 Å². The van der Waals surface area contributed by atoms with Crippen molar-refractivity contribution in [3.05, 3.63) is 170 Å². The highest BCUT2D eigenvalue weighted by Gasteiger charge is 2.19. The average molecular weight is 601 g/mol. The summed E-state index contributed by atoms with van der Waals surface area (Å²) in [4.78, 5) is 15.0. The van der Waals surface area contributed by atoms with E-state index in [1.807, 2.05) is 60.7 Å². The van der Waals surface area contributed by atoms with Crippen LogP contribution in [0, 0.1) is 0 Å². The average Bonchev–Trinajstić information content (AvgIpc) is 3.48. The van der Waals surface area contributed by atoms with Gasteiger partial charge in [-0.05, 0) is 40.8 Å². The molecule has 0 fully saturated rings. The Hall–Kier alpha value is -6.39. The Bertz CT molecular complexity index is 2500. The Labute approximate surface area is 272 Å². The summed E-state index contributed by atoms with van der Waals surface area (Å²) in [5.74, 6) is 1.95. The Morgan fingerprint density at radius 1 is 0.319 bits per heavy atom. The van der Waals surface area contributed by atoms with Crippen molar-refractivity contribution in [1.29, 1.82) is 0 Å². The molecule has 9 aromatic rings. The first-order valence-corrected chi connectivity index (χ1v) is 15.8. The van der Waals surface area contributed by atoms with E-state index in [1.54, 1.807) is 0 Å². The molecule has 220 valence electrons. The van der Waals surface area contributed by atoms with E-state index in [9.17, 15) is 0 Å². The SMILES string of the molecule is c1ccc(-c2ccc3c4ccccc4n(-c4ccc(-c5nc(-c6ccccc6)nc(-c6ccccc6)n5)c5ccccc45)c3c2)cc1. The van der Waals surface area contributed by atoms with Crippen LogP contribution in [-0.2, 0) is 0 Å². The molecular formula is C43H28N4. The van der Waals surface area contributed by atoms with Gasteiger partial charge in [-0.1, -0.05) is 146 Å². The van der Waals surface area contributed by atoms with Crippen LogP contribution in [0.1, 0.15) is 0 Å². The molecule has 4 heteroatoms. The Balaban J connectivity index is 1.29.